The molecule has 0 unspecified atom stereocenters. The molecule has 0 atom stereocenters. The minimum atomic E-state index is -0.409. The Labute approximate surface area is 173 Å². The molecule has 5 nitrogen and oxygen atoms in total. The molecule has 0 fully saturated rings. The lowest BCUT2D eigenvalue weighted by Crippen LogP contribution is -2.24. The fourth-order valence-electron chi connectivity index (χ4n) is 2.82. The van der Waals surface area contributed by atoms with Crippen LogP contribution in [0.5, 0.6) is 0 Å². The van der Waals surface area contributed by atoms with Crippen LogP contribution in [0.25, 0.3) is 5.69 Å². The van der Waals surface area contributed by atoms with Gasteiger partial charge in [-0.25, -0.2) is 0 Å². The Morgan fingerprint density at radius 3 is 2.20 bits per heavy atom. The van der Waals surface area contributed by atoms with Crippen molar-refractivity contribution in [3.05, 3.63) is 124 Å². The molecule has 4 rings (SSSR count). The normalized spacial score (nSPS) is 10.0. The van der Waals surface area contributed by atoms with Crippen molar-refractivity contribution in [3.8, 4) is 17.5 Å². The van der Waals surface area contributed by atoms with E-state index < -0.39 is 5.91 Å². The van der Waals surface area contributed by atoms with Gasteiger partial charge >= 0.3 is 0 Å². The van der Waals surface area contributed by atoms with E-state index in [-0.39, 0.29) is 11.3 Å². The van der Waals surface area contributed by atoms with Gasteiger partial charge in [-0.05, 0) is 48.5 Å². The molecule has 0 saturated heterocycles. The standard InChI is InChI=1S/C25H17N3O2/c29-24-17-16-23(27-28(24)22-12-5-2-6-13-22)25(30)26-21-11-7-10-20(18-21)15-14-19-8-3-1-4-9-19/h1-13,16-18H,(H,26,30). The average molecular weight is 391 g/mol. The maximum absolute atomic E-state index is 12.7. The Bertz CT molecular complexity index is 1300. The van der Waals surface area contributed by atoms with Crippen molar-refractivity contribution in [2.75, 3.05) is 5.32 Å². The molecule has 0 saturated carbocycles. The Balaban J connectivity index is 1.55. The highest BCUT2D eigenvalue weighted by molar-refractivity contribution is 6.02. The smallest absolute Gasteiger partial charge is 0.276 e. The minimum absolute atomic E-state index is 0.138. The zero-order chi connectivity index (χ0) is 20.8. The second-order valence-corrected chi connectivity index (χ2v) is 6.46. The van der Waals surface area contributed by atoms with Crippen molar-refractivity contribution in [1.29, 1.82) is 0 Å². The highest BCUT2D eigenvalue weighted by Gasteiger charge is 2.11. The van der Waals surface area contributed by atoms with E-state index in [1.807, 2.05) is 48.5 Å². The molecule has 4 aromatic rings. The van der Waals surface area contributed by atoms with Crippen LogP contribution in [0.1, 0.15) is 21.6 Å². The molecule has 0 aliphatic heterocycles. The molecule has 0 spiro atoms. The van der Waals surface area contributed by atoms with E-state index in [2.05, 4.69) is 22.3 Å². The molecule has 30 heavy (non-hydrogen) atoms. The van der Waals surface area contributed by atoms with Crippen LogP contribution in [0.15, 0.2) is 102 Å². The third-order valence-corrected chi connectivity index (χ3v) is 4.28. The van der Waals surface area contributed by atoms with Crippen LogP contribution >= 0.6 is 0 Å². The molecular weight excluding hydrogens is 374 g/mol. The Kier molecular flexibility index (Phi) is 5.50. The molecule has 144 valence electrons. The second kappa shape index (κ2) is 8.72. The fourth-order valence-corrected chi connectivity index (χ4v) is 2.82. The van der Waals surface area contributed by atoms with Crippen molar-refractivity contribution >= 4 is 11.6 Å². The summed E-state index contributed by atoms with van der Waals surface area (Å²) in [6.45, 7) is 0. The van der Waals surface area contributed by atoms with Crippen molar-refractivity contribution in [2.45, 2.75) is 0 Å². The molecule has 1 aromatic heterocycles. The zero-order valence-corrected chi connectivity index (χ0v) is 15.9. The highest BCUT2D eigenvalue weighted by atomic mass is 16.2. The Morgan fingerprint density at radius 1 is 0.767 bits per heavy atom. The Morgan fingerprint density at radius 2 is 1.43 bits per heavy atom. The summed E-state index contributed by atoms with van der Waals surface area (Å²) < 4.78 is 1.21. The van der Waals surface area contributed by atoms with Crippen LogP contribution in [0, 0.1) is 11.8 Å². The highest BCUT2D eigenvalue weighted by Crippen LogP contribution is 2.12. The molecule has 1 heterocycles. The summed E-state index contributed by atoms with van der Waals surface area (Å²) in [5.41, 5.74) is 2.71. The van der Waals surface area contributed by atoms with E-state index >= 15 is 0 Å². The molecule has 0 bridgehead atoms. The SMILES string of the molecule is O=C(Nc1cccc(C#Cc2ccccc2)c1)c1ccc(=O)n(-c2ccccc2)n1. The molecule has 1 amide bonds. The molecule has 0 radical (unpaired) electrons. The molecule has 3 aromatic carbocycles. The summed E-state index contributed by atoms with van der Waals surface area (Å²) in [5.74, 6) is 5.77. The summed E-state index contributed by atoms with van der Waals surface area (Å²) in [6, 6.07) is 28.7. The number of aromatic nitrogens is 2. The summed E-state index contributed by atoms with van der Waals surface area (Å²) >= 11 is 0. The number of benzene rings is 3. The largest absolute Gasteiger partial charge is 0.321 e. The zero-order valence-electron chi connectivity index (χ0n) is 15.9. The van der Waals surface area contributed by atoms with Gasteiger partial charge in [-0.1, -0.05) is 54.3 Å². The first-order chi connectivity index (χ1) is 14.7. The lowest BCUT2D eigenvalue weighted by Gasteiger charge is -2.08. The van der Waals surface area contributed by atoms with Crippen LogP contribution in [-0.4, -0.2) is 15.7 Å². The number of carbonyl (C=O) groups excluding carboxylic acids is 1. The Hall–Kier alpha value is -4.43. The molecule has 5 heteroatoms. The van der Waals surface area contributed by atoms with Crippen molar-refractivity contribution in [2.24, 2.45) is 0 Å². The third-order valence-electron chi connectivity index (χ3n) is 4.28. The fraction of sp³-hybridized carbons (Fsp3) is 0. The van der Waals surface area contributed by atoms with Crippen molar-refractivity contribution in [1.82, 2.24) is 9.78 Å². The van der Waals surface area contributed by atoms with Gasteiger partial charge < -0.3 is 5.32 Å². The van der Waals surface area contributed by atoms with Gasteiger partial charge in [0.2, 0.25) is 0 Å². The van der Waals surface area contributed by atoms with Gasteiger partial charge in [0.15, 0.2) is 0 Å². The number of amides is 1. The van der Waals surface area contributed by atoms with Crippen molar-refractivity contribution in [3.63, 3.8) is 0 Å². The lowest BCUT2D eigenvalue weighted by atomic mass is 10.1. The first-order valence-electron chi connectivity index (χ1n) is 9.33. The molecule has 0 aliphatic carbocycles. The predicted molar refractivity (Wildman–Crippen MR) is 117 cm³/mol. The summed E-state index contributed by atoms with van der Waals surface area (Å²) in [7, 11) is 0. The third kappa shape index (κ3) is 4.51. The topological polar surface area (TPSA) is 64.0 Å². The van der Waals surface area contributed by atoms with Gasteiger partial charge in [0, 0.05) is 22.9 Å². The number of carbonyl (C=O) groups is 1. The minimum Gasteiger partial charge on any atom is -0.321 e. The van der Waals surface area contributed by atoms with E-state index in [0.717, 1.165) is 11.1 Å². The van der Waals surface area contributed by atoms with E-state index in [0.29, 0.717) is 11.4 Å². The number of rotatable bonds is 3. The maximum atomic E-state index is 12.7. The van der Waals surface area contributed by atoms with Gasteiger partial charge in [-0.15, -0.1) is 0 Å². The van der Waals surface area contributed by atoms with Gasteiger partial charge in [0.1, 0.15) is 5.69 Å². The lowest BCUT2D eigenvalue weighted by molar-refractivity contribution is 0.102. The summed E-state index contributed by atoms with van der Waals surface area (Å²) in [6.07, 6.45) is 0. The summed E-state index contributed by atoms with van der Waals surface area (Å²) in [4.78, 5) is 24.8. The maximum Gasteiger partial charge on any atom is 0.276 e. The van der Waals surface area contributed by atoms with E-state index in [4.69, 9.17) is 0 Å². The quantitative estimate of drug-likeness (QED) is 0.539. The van der Waals surface area contributed by atoms with Gasteiger partial charge in [-0.3, -0.25) is 9.59 Å². The van der Waals surface area contributed by atoms with Gasteiger partial charge in [0.25, 0.3) is 11.5 Å². The molecule has 0 aliphatic rings. The van der Waals surface area contributed by atoms with Crippen LogP contribution in [0.2, 0.25) is 0 Å². The second-order valence-electron chi connectivity index (χ2n) is 6.46. The van der Waals surface area contributed by atoms with Gasteiger partial charge in [0.05, 0.1) is 5.69 Å². The number of hydrogen-bond acceptors (Lipinski definition) is 3. The number of hydrogen-bond donors (Lipinski definition) is 1. The number of para-hydroxylation sites is 1. The first-order valence-corrected chi connectivity index (χ1v) is 9.33. The monoisotopic (exact) mass is 391 g/mol. The predicted octanol–water partition coefficient (Wildman–Crippen LogP) is 3.88. The van der Waals surface area contributed by atoms with Crippen LogP contribution in [-0.2, 0) is 0 Å². The van der Waals surface area contributed by atoms with E-state index in [1.165, 1.54) is 16.8 Å². The average Bonchev–Trinajstić information content (AvgIpc) is 2.79. The van der Waals surface area contributed by atoms with Crippen LogP contribution < -0.4 is 10.9 Å². The first kappa shape index (κ1) is 18.9. The number of nitrogens with zero attached hydrogens (tertiary/aromatic N) is 2. The van der Waals surface area contributed by atoms with E-state index in [9.17, 15) is 9.59 Å². The van der Waals surface area contributed by atoms with Crippen LogP contribution in [0.3, 0.4) is 0 Å². The van der Waals surface area contributed by atoms with Crippen LogP contribution in [0.4, 0.5) is 5.69 Å². The number of nitrogens with one attached hydrogen (secondary N) is 1. The summed E-state index contributed by atoms with van der Waals surface area (Å²) in [5, 5.41) is 7.01. The molecular formula is C25H17N3O2. The molecule has 1 N–H and O–H groups in total. The van der Waals surface area contributed by atoms with Crippen molar-refractivity contribution < 1.29 is 4.79 Å². The number of anilines is 1. The van der Waals surface area contributed by atoms with Gasteiger partial charge in [-0.2, -0.15) is 9.78 Å². The van der Waals surface area contributed by atoms with E-state index in [1.54, 1.807) is 36.4 Å².